The first-order valence-corrected chi connectivity index (χ1v) is 21.9. The molecular weight excluding hydrogens is 728 g/mol. The van der Waals surface area contributed by atoms with E-state index < -0.39 is 65.0 Å². The molecule has 5 N–H and O–H groups in total. The van der Waals surface area contributed by atoms with Crippen LogP contribution >= 0.6 is 0 Å². The largest absolute Gasteiger partial charge is 0.450 e. The third-order valence-electron chi connectivity index (χ3n) is 18.0. The Morgan fingerprint density at radius 1 is 0.684 bits per heavy atom. The van der Waals surface area contributed by atoms with E-state index >= 15 is 0 Å². The number of Topliss-reactive ketones (excluding diaryl/α,β-unsaturated/α-hetero) is 2. The molecule has 6 fully saturated rings. The van der Waals surface area contributed by atoms with Crippen LogP contribution in [-0.2, 0) is 28.7 Å². The summed E-state index contributed by atoms with van der Waals surface area (Å²) in [6, 6.07) is 0. The second-order valence-electron chi connectivity index (χ2n) is 20.3. The molecule has 0 amide bonds. The van der Waals surface area contributed by atoms with E-state index in [-0.39, 0.29) is 64.3 Å². The molecule has 14 atom stereocenters. The van der Waals surface area contributed by atoms with Gasteiger partial charge in [-0.25, -0.2) is 0 Å². The summed E-state index contributed by atoms with van der Waals surface area (Å²) in [6.45, 7) is 8.85. The number of ketones is 4. The van der Waals surface area contributed by atoms with Gasteiger partial charge >= 0.3 is 5.97 Å². The molecule has 0 aliphatic heterocycles. The number of fused-ring (bicyclic) bond motifs is 10. The van der Waals surface area contributed by atoms with E-state index in [1.807, 2.05) is 20.8 Å². The molecule has 0 heterocycles. The molecule has 8 aliphatic carbocycles. The van der Waals surface area contributed by atoms with Crippen molar-refractivity contribution in [3.63, 3.8) is 0 Å². The third kappa shape index (κ3) is 6.16. The molecule has 316 valence electrons. The average Bonchev–Trinajstić information content (AvgIpc) is 3.60. The van der Waals surface area contributed by atoms with E-state index in [1.165, 1.54) is 5.57 Å². The van der Waals surface area contributed by atoms with Gasteiger partial charge in [0.2, 0.25) is 5.78 Å². The van der Waals surface area contributed by atoms with Gasteiger partial charge < -0.3 is 30.3 Å². The van der Waals surface area contributed by atoms with Gasteiger partial charge in [0.1, 0.15) is 18.8 Å². The summed E-state index contributed by atoms with van der Waals surface area (Å²) in [5.74, 6) is -0.180. The van der Waals surface area contributed by atoms with Crippen molar-refractivity contribution in [1.82, 2.24) is 0 Å². The minimum absolute atomic E-state index is 0.0325. The van der Waals surface area contributed by atoms with Crippen LogP contribution in [0.4, 0.5) is 0 Å². The fourth-order valence-electron chi connectivity index (χ4n) is 15.2. The maximum Gasteiger partial charge on any atom is 0.306 e. The van der Waals surface area contributed by atoms with Gasteiger partial charge in [0.25, 0.3) is 0 Å². The van der Waals surface area contributed by atoms with Crippen molar-refractivity contribution in [3.05, 3.63) is 23.3 Å². The van der Waals surface area contributed by atoms with Gasteiger partial charge in [0.15, 0.2) is 23.0 Å². The summed E-state index contributed by atoms with van der Waals surface area (Å²) in [5, 5.41) is 53.0. The predicted octanol–water partition coefficient (Wildman–Crippen LogP) is 4.91. The number of esters is 1. The first-order chi connectivity index (χ1) is 26.8. The molecule has 0 saturated heterocycles. The van der Waals surface area contributed by atoms with Crippen LogP contribution in [0, 0.1) is 57.2 Å². The standard InChI is InChI=1S/C25H36O6.C21H30O5/c1-4-5-21(30)31-25(20(29)14-26)11-9-18-17-7-6-15-12-16(27)8-10-23(15,2)22(17)19(28)13-24(18,25)3;1-19-7-5-13(23)9-12(19)3-4-14-15-6-8-21(26,17(25)11-22)20(15,2)10-16(24)18(14)19/h12,17-19,22,26,28H,4-11,13-14H2,1-3H3;9,14-16,18,22,24,26H,3-8,10-11H2,1-2H3/t17-,18-,19-,22+,23-,24-,25-;14-,15-,16-,18+,19-,20-,21-/m00/s1. The Morgan fingerprint density at radius 3 is 1.65 bits per heavy atom. The number of aliphatic hydroxyl groups is 5. The number of ether oxygens (including phenoxy) is 1. The molecule has 8 rings (SSSR count). The fourth-order valence-corrected chi connectivity index (χ4v) is 15.2. The molecular formula is C46H66O11. The van der Waals surface area contributed by atoms with Crippen molar-refractivity contribution in [2.24, 2.45) is 57.2 Å². The van der Waals surface area contributed by atoms with Gasteiger partial charge in [-0.15, -0.1) is 0 Å². The second kappa shape index (κ2) is 14.9. The van der Waals surface area contributed by atoms with Crippen molar-refractivity contribution in [1.29, 1.82) is 0 Å². The first-order valence-electron chi connectivity index (χ1n) is 21.9. The minimum Gasteiger partial charge on any atom is -0.450 e. The molecule has 0 bridgehead atoms. The van der Waals surface area contributed by atoms with Crippen LogP contribution in [0.15, 0.2) is 23.3 Å². The highest BCUT2D eigenvalue weighted by atomic mass is 16.6. The topological polar surface area (TPSA) is 196 Å². The van der Waals surface area contributed by atoms with E-state index in [9.17, 15) is 49.5 Å². The molecule has 11 heteroatoms. The Balaban J connectivity index is 0.000000177. The number of allylic oxidation sites excluding steroid dienone is 2. The highest BCUT2D eigenvalue weighted by Crippen LogP contribution is 2.70. The Morgan fingerprint density at radius 2 is 1.16 bits per heavy atom. The fraction of sp³-hybridized carbons (Fsp3) is 0.804. The Labute approximate surface area is 337 Å². The quantitative estimate of drug-likeness (QED) is 0.220. The van der Waals surface area contributed by atoms with Crippen molar-refractivity contribution in [2.45, 2.75) is 161 Å². The van der Waals surface area contributed by atoms with Crippen molar-refractivity contribution < 1.29 is 54.2 Å². The summed E-state index contributed by atoms with van der Waals surface area (Å²) in [6.07, 6.45) is 12.2. The highest BCUT2D eigenvalue weighted by Gasteiger charge is 2.71. The molecule has 0 aromatic heterocycles. The number of aliphatic hydroxyl groups excluding tert-OH is 4. The van der Waals surface area contributed by atoms with E-state index in [0.717, 1.165) is 56.9 Å². The maximum atomic E-state index is 13.1. The van der Waals surface area contributed by atoms with Crippen LogP contribution < -0.4 is 0 Å². The number of hydrogen-bond donors (Lipinski definition) is 5. The molecule has 6 saturated carbocycles. The lowest BCUT2D eigenvalue weighted by Crippen LogP contribution is -2.63. The van der Waals surface area contributed by atoms with Crippen molar-refractivity contribution >= 4 is 29.1 Å². The monoisotopic (exact) mass is 794 g/mol. The smallest absolute Gasteiger partial charge is 0.306 e. The third-order valence-corrected chi connectivity index (χ3v) is 18.0. The van der Waals surface area contributed by atoms with Crippen LogP contribution in [-0.4, -0.2) is 91.3 Å². The zero-order valence-electron chi connectivity index (χ0n) is 34.7. The summed E-state index contributed by atoms with van der Waals surface area (Å²) in [5.41, 5.74) is -2.35. The summed E-state index contributed by atoms with van der Waals surface area (Å²) in [7, 11) is 0. The summed E-state index contributed by atoms with van der Waals surface area (Å²) in [4.78, 5) is 61.9. The lowest BCUT2D eigenvalue weighted by atomic mass is 9.45. The molecule has 0 aromatic carbocycles. The summed E-state index contributed by atoms with van der Waals surface area (Å²) >= 11 is 0. The van der Waals surface area contributed by atoms with Crippen LogP contribution in [0.25, 0.3) is 0 Å². The van der Waals surface area contributed by atoms with Gasteiger partial charge in [0.05, 0.1) is 12.2 Å². The van der Waals surface area contributed by atoms with Crippen LogP contribution in [0.2, 0.25) is 0 Å². The van der Waals surface area contributed by atoms with E-state index in [1.54, 1.807) is 12.2 Å². The molecule has 0 unspecified atom stereocenters. The van der Waals surface area contributed by atoms with E-state index in [0.29, 0.717) is 44.9 Å². The molecule has 8 aliphatic rings. The molecule has 0 aromatic rings. The number of carbonyl (C=O) groups is 5. The molecule has 11 nitrogen and oxygen atoms in total. The Bertz CT molecular complexity index is 1750. The Kier molecular flexibility index (Phi) is 11.1. The van der Waals surface area contributed by atoms with Crippen molar-refractivity contribution in [3.8, 4) is 0 Å². The minimum atomic E-state index is -1.54. The van der Waals surface area contributed by atoms with Crippen LogP contribution in [0.1, 0.15) is 137 Å². The van der Waals surface area contributed by atoms with Crippen LogP contribution in [0.5, 0.6) is 0 Å². The number of hydrogen-bond acceptors (Lipinski definition) is 11. The van der Waals surface area contributed by atoms with Crippen LogP contribution in [0.3, 0.4) is 0 Å². The number of carbonyl (C=O) groups excluding carboxylic acids is 5. The summed E-state index contributed by atoms with van der Waals surface area (Å²) < 4.78 is 5.92. The molecule has 0 radical (unpaired) electrons. The number of rotatable bonds is 7. The normalized spacial score (nSPS) is 47.0. The molecule has 57 heavy (non-hydrogen) atoms. The predicted molar refractivity (Wildman–Crippen MR) is 209 cm³/mol. The zero-order chi connectivity index (χ0) is 41.5. The molecule has 0 spiro atoms. The van der Waals surface area contributed by atoms with Gasteiger partial charge in [-0.1, -0.05) is 45.8 Å². The maximum absolute atomic E-state index is 13.1. The SMILES string of the molecule is CCCC(=O)O[C@]1(C(=O)CO)CC[C@H]2[C@@H]3CCC4=CC(=O)CC[C@]4(C)[C@H]3[C@@H](O)C[C@@]21C.C[C@]12CCC(=O)C=C1CC[C@@H]1[C@@H]2[C@@H](O)C[C@@]2(C)[C@H]1CC[C@]2(O)C(=O)CO. The second-order valence-corrected chi connectivity index (χ2v) is 20.3. The van der Waals surface area contributed by atoms with E-state index in [2.05, 4.69) is 13.8 Å². The zero-order valence-corrected chi connectivity index (χ0v) is 34.7. The van der Waals surface area contributed by atoms with E-state index in [4.69, 9.17) is 4.74 Å². The van der Waals surface area contributed by atoms with Gasteiger partial charge in [-0.2, -0.15) is 0 Å². The average molecular weight is 795 g/mol. The lowest BCUT2D eigenvalue weighted by molar-refractivity contribution is -0.202. The van der Waals surface area contributed by atoms with Gasteiger partial charge in [-0.05, 0) is 142 Å². The highest BCUT2D eigenvalue weighted by molar-refractivity contribution is 5.93. The Hall–Kier alpha value is -2.57. The lowest BCUT2D eigenvalue weighted by Gasteiger charge is -2.60. The van der Waals surface area contributed by atoms with Gasteiger partial charge in [-0.3, -0.25) is 24.0 Å². The van der Waals surface area contributed by atoms with Crippen molar-refractivity contribution in [2.75, 3.05) is 13.2 Å². The first kappa shape index (κ1) is 42.6. The van der Waals surface area contributed by atoms with Gasteiger partial charge in [0, 0.05) is 30.1 Å².